The molecule has 6 nitrogen and oxygen atoms in total. The summed E-state index contributed by atoms with van der Waals surface area (Å²) in [5.74, 6) is 0.361. The van der Waals surface area contributed by atoms with Gasteiger partial charge in [-0.1, -0.05) is 6.07 Å². The number of methoxy groups -OCH3 is 2. The molecule has 0 aliphatic carbocycles. The molecule has 0 heterocycles. The van der Waals surface area contributed by atoms with Gasteiger partial charge in [-0.05, 0) is 36.8 Å². The number of benzene rings is 2. The zero-order valence-electron chi connectivity index (χ0n) is 16.2. The number of nitrogens with one attached hydrogen (secondary N) is 2. The Morgan fingerprint density at radius 3 is 2.43 bits per heavy atom. The van der Waals surface area contributed by atoms with Crippen LogP contribution in [-0.4, -0.2) is 39.9 Å². The summed E-state index contributed by atoms with van der Waals surface area (Å²) in [7, 11) is 3.18. The molecule has 0 atom stereocenters. The van der Waals surface area contributed by atoms with Crippen LogP contribution in [0, 0.1) is 11.6 Å². The Labute approximate surface area is 163 Å². The highest BCUT2D eigenvalue weighted by molar-refractivity contribution is 5.79. The van der Waals surface area contributed by atoms with Crippen LogP contribution in [-0.2, 0) is 6.54 Å². The van der Waals surface area contributed by atoms with Crippen LogP contribution in [0.2, 0.25) is 0 Å². The van der Waals surface area contributed by atoms with Gasteiger partial charge in [-0.25, -0.2) is 13.8 Å². The Kier molecular flexibility index (Phi) is 8.33. The molecule has 152 valence electrons. The standard InChI is InChI=1S/C20H25F2N3O3/c1-4-23-20(24-9-10-28-15-6-7-16(21)17(22)12-15)25-13-14-5-8-18(26-2)19(11-14)27-3/h5-8,11-12H,4,9-10,13H2,1-3H3,(H2,23,24,25). The summed E-state index contributed by atoms with van der Waals surface area (Å²) >= 11 is 0. The molecule has 0 saturated carbocycles. The van der Waals surface area contributed by atoms with E-state index in [1.165, 1.54) is 6.07 Å². The van der Waals surface area contributed by atoms with Crippen molar-refractivity contribution in [2.24, 2.45) is 4.99 Å². The van der Waals surface area contributed by atoms with E-state index in [1.807, 2.05) is 25.1 Å². The summed E-state index contributed by atoms with van der Waals surface area (Å²) in [5.41, 5.74) is 0.966. The number of hydrogen-bond donors (Lipinski definition) is 2. The molecule has 0 bridgehead atoms. The topological polar surface area (TPSA) is 64.1 Å². The first-order valence-electron chi connectivity index (χ1n) is 8.88. The van der Waals surface area contributed by atoms with Gasteiger partial charge in [0, 0.05) is 12.6 Å². The maximum Gasteiger partial charge on any atom is 0.191 e. The molecule has 2 aromatic rings. The van der Waals surface area contributed by atoms with Gasteiger partial charge in [0.05, 0.1) is 27.3 Å². The van der Waals surface area contributed by atoms with E-state index in [2.05, 4.69) is 15.6 Å². The van der Waals surface area contributed by atoms with Gasteiger partial charge in [-0.2, -0.15) is 0 Å². The van der Waals surface area contributed by atoms with E-state index in [1.54, 1.807) is 14.2 Å². The number of guanidine groups is 1. The molecule has 0 aliphatic heterocycles. The van der Waals surface area contributed by atoms with E-state index in [4.69, 9.17) is 14.2 Å². The third-order valence-electron chi connectivity index (χ3n) is 3.77. The van der Waals surface area contributed by atoms with Crippen LogP contribution in [0.1, 0.15) is 12.5 Å². The molecule has 0 amide bonds. The summed E-state index contributed by atoms with van der Waals surface area (Å²) in [6, 6.07) is 9.06. The highest BCUT2D eigenvalue weighted by atomic mass is 19.2. The van der Waals surface area contributed by atoms with Crippen LogP contribution in [0.15, 0.2) is 41.4 Å². The normalized spacial score (nSPS) is 11.1. The minimum absolute atomic E-state index is 0.270. The number of nitrogens with zero attached hydrogens (tertiary/aromatic N) is 1. The van der Waals surface area contributed by atoms with E-state index >= 15 is 0 Å². The van der Waals surface area contributed by atoms with Gasteiger partial charge in [0.1, 0.15) is 12.4 Å². The lowest BCUT2D eigenvalue weighted by atomic mass is 10.2. The lowest BCUT2D eigenvalue weighted by Crippen LogP contribution is -2.39. The van der Waals surface area contributed by atoms with Crippen molar-refractivity contribution < 1.29 is 23.0 Å². The average molecular weight is 393 g/mol. The van der Waals surface area contributed by atoms with Gasteiger partial charge in [0.2, 0.25) is 0 Å². The predicted octanol–water partition coefficient (Wildman–Crippen LogP) is 3.12. The molecule has 0 radical (unpaired) electrons. The lowest BCUT2D eigenvalue weighted by Gasteiger charge is -2.13. The van der Waals surface area contributed by atoms with Crippen LogP contribution in [0.5, 0.6) is 17.2 Å². The summed E-state index contributed by atoms with van der Waals surface area (Å²) < 4.78 is 42.0. The number of rotatable bonds is 9. The highest BCUT2D eigenvalue weighted by Gasteiger charge is 2.05. The molecular formula is C20H25F2N3O3. The highest BCUT2D eigenvalue weighted by Crippen LogP contribution is 2.27. The second-order valence-corrected chi connectivity index (χ2v) is 5.74. The number of hydrogen-bond acceptors (Lipinski definition) is 4. The van der Waals surface area contributed by atoms with Crippen molar-refractivity contribution in [3.8, 4) is 17.2 Å². The van der Waals surface area contributed by atoms with E-state index in [-0.39, 0.29) is 12.4 Å². The van der Waals surface area contributed by atoms with Gasteiger partial charge in [-0.15, -0.1) is 0 Å². The van der Waals surface area contributed by atoms with Gasteiger partial charge >= 0.3 is 0 Å². The summed E-state index contributed by atoms with van der Waals surface area (Å²) in [6.07, 6.45) is 0. The minimum atomic E-state index is -0.935. The number of aliphatic imine (C=N–C) groups is 1. The summed E-state index contributed by atoms with van der Waals surface area (Å²) in [6.45, 7) is 3.82. The lowest BCUT2D eigenvalue weighted by molar-refractivity contribution is 0.318. The SMILES string of the molecule is CCNC(=NCc1ccc(OC)c(OC)c1)NCCOc1ccc(F)c(F)c1. The molecular weight excluding hydrogens is 368 g/mol. The van der Waals surface area contributed by atoms with Crippen LogP contribution in [0.4, 0.5) is 8.78 Å². The summed E-state index contributed by atoms with van der Waals surface area (Å²) in [5, 5.41) is 6.27. The van der Waals surface area contributed by atoms with Crippen LogP contribution < -0.4 is 24.8 Å². The third kappa shape index (κ3) is 6.29. The fourth-order valence-corrected chi connectivity index (χ4v) is 2.40. The Hall–Kier alpha value is -3.03. The van der Waals surface area contributed by atoms with E-state index < -0.39 is 11.6 Å². The van der Waals surface area contributed by atoms with Crippen molar-refractivity contribution in [2.45, 2.75) is 13.5 Å². The van der Waals surface area contributed by atoms with Gasteiger partial charge in [-0.3, -0.25) is 0 Å². The van der Waals surface area contributed by atoms with E-state index in [0.717, 1.165) is 17.7 Å². The summed E-state index contributed by atoms with van der Waals surface area (Å²) in [4.78, 5) is 4.52. The first-order valence-corrected chi connectivity index (χ1v) is 8.88. The Bertz CT molecular complexity index is 800. The molecule has 0 aromatic heterocycles. The fourth-order valence-electron chi connectivity index (χ4n) is 2.40. The van der Waals surface area contributed by atoms with Crippen molar-refractivity contribution in [3.05, 3.63) is 53.6 Å². The molecule has 2 N–H and O–H groups in total. The zero-order chi connectivity index (χ0) is 20.4. The van der Waals surface area contributed by atoms with Crippen LogP contribution in [0.3, 0.4) is 0 Å². The molecule has 28 heavy (non-hydrogen) atoms. The fraction of sp³-hybridized carbons (Fsp3) is 0.350. The van der Waals surface area contributed by atoms with Crippen LogP contribution >= 0.6 is 0 Å². The van der Waals surface area contributed by atoms with Gasteiger partial charge in [0.15, 0.2) is 29.1 Å². The monoisotopic (exact) mass is 393 g/mol. The maximum absolute atomic E-state index is 13.2. The molecule has 2 rings (SSSR count). The molecule has 0 unspecified atom stereocenters. The van der Waals surface area contributed by atoms with E-state index in [9.17, 15) is 8.78 Å². The second-order valence-electron chi connectivity index (χ2n) is 5.74. The molecule has 0 fully saturated rings. The first-order chi connectivity index (χ1) is 13.6. The van der Waals surface area contributed by atoms with Gasteiger partial charge < -0.3 is 24.8 Å². The second kappa shape index (κ2) is 11.0. The molecule has 0 aliphatic rings. The predicted molar refractivity (Wildman–Crippen MR) is 104 cm³/mol. The molecule has 0 spiro atoms. The van der Waals surface area contributed by atoms with Crippen molar-refractivity contribution in [1.29, 1.82) is 0 Å². The first kappa shape index (κ1) is 21.3. The van der Waals surface area contributed by atoms with Crippen molar-refractivity contribution in [3.63, 3.8) is 0 Å². The third-order valence-corrected chi connectivity index (χ3v) is 3.77. The largest absolute Gasteiger partial charge is 0.493 e. The zero-order valence-corrected chi connectivity index (χ0v) is 16.2. The van der Waals surface area contributed by atoms with Crippen molar-refractivity contribution in [1.82, 2.24) is 10.6 Å². The average Bonchev–Trinajstić information content (AvgIpc) is 2.71. The number of ether oxygens (including phenoxy) is 3. The molecule has 2 aromatic carbocycles. The quantitative estimate of drug-likeness (QED) is 0.389. The molecule has 0 saturated heterocycles. The minimum Gasteiger partial charge on any atom is -0.493 e. The molecule has 8 heteroatoms. The Morgan fingerprint density at radius 1 is 0.964 bits per heavy atom. The van der Waals surface area contributed by atoms with E-state index in [0.29, 0.717) is 37.1 Å². The smallest absolute Gasteiger partial charge is 0.191 e. The van der Waals surface area contributed by atoms with Gasteiger partial charge in [0.25, 0.3) is 0 Å². The Morgan fingerprint density at radius 2 is 1.75 bits per heavy atom. The number of halogens is 2. The van der Waals surface area contributed by atoms with Crippen molar-refractivity contribution in [2.75, 3.05) is 33.9 Å². The Balaban J connectivity index is 1.88. The van der Waals surface area contributed by atoms with Crippen LogP contribution in [0.25, 0.3) is 0 Å². The van der Waals surface area contributed by atoms with Crippen molar-refractivity contribution >= 4 is 5.96 Å². The maximum atomic E-state index is 13.2.